The van der Waals surface area contributed by atoms with Gasteiger partial charge in [0.25, 0.3) is 0 Å². The van der Waals surface area contributed by atoms with Crippen molar-refractivity contribution in [3.63, 3.8) is 0 Å². The Bertz CT molecular complexity index is 1170. The summed E-state index contributed by atoms with van der Waals surface area (Å²) in [5, 5.41) is 7.92. The van der Waals surface area contributed by atoms with Crippen LogP contribution in [0.4, 0.5) is 16.3 Å². The van der Waals surface area contributed by atoms with Crippen LogP contribution < -0.4 is 10.2 Å². The Labute approximate surface area is 210 Å². The summed E-state index contributed by atoms with van der Waals surface area (Å²) in [6, 6.07) is 5.74. The third-order valence-electron chi connectivity index (χ3n) is 7.50. The predicted octanol–water partition coefficient (Wildman–Crippen LogP) is 4.43. The zero-order valence-corrected chi connectivity index (χ0v) is 20.3. The van der Waals surface area contributed by atoms with Gasteiger partial charge in [-0.2, -0.15) is 5.10 Å². The molecule has 1 aliphatic carbocycles. The zero-order chi connectivity index (χ0) is 24.4. The number of aromatic nitrogens is 5. The summed E-state index contributed by atoms with van der Waals surface area (Å²) in [6.07, 6.45) is 15.5. The number of carbonyl (C=O) groups is 1. The van der Waals surface area contributed by atoms with E-state index < -0.39 is 5.60 Å². The second-order valence-electron chi connectivity index (χ2n) is 9.97. The molecule has 36 heavy (non-hydrogen) atoms. The quantitative estimate of drug-likeness (QED) is 0.542. The number of nitrogens with zero attached hydrogens (tertiary/aromatic N) is 6. The summed E-state index contributed by atoms with van der Waals surface area (Å²) >= 11 is 0. The van der Waals surface area contributed by atoms with Gasteiger partial charge in [-0.3, -0.25) is 4.90 Å². The molecule has 3 fully saturated rings. The lowest BCUT2D eigenvalue weighted by molar-refractivity contribution is -0.0394. The van der Waals surface area contributed by atoms with Gasteiger partial charge in [0.1, 0.15) is 17.6 Å². The molecular weight excluding hydrogens is 458 g/mol. The van der Waals surface area contributed by atoms with Crippen LogP contribution in [0.15, 0.2) is 49.2 Å². The van der Waals surface area contributed by atoms with E-state index in [1.807, 2.05) is 23.0 Å². The molecule has 1 amide bonds. The third kappa shape index (κ3) is 4.77. The number of anilines is 2. The summed E-state index contributed by atoms with van der Waals surface area (Å²) in [4.78, 5) is 27.5. The summed E-state index contributed by atoms with van der Waals surface area (Å²) in [6.45, 7) is 2.18. The lowest BCUT2D eigenvalue weighted by Crippen LogP contribution is -2.39. The van der Waals surface area contributed by atoms with Crippen LogP contribution in [0.1, 0.15) is 51.2 Å². The lowest BCUT2D eigenvalue weighted by Gasteiger charge is -2.35. The van der Waals surface area contributed by atoms with E-state index in [-0.39, 0.29) is 12.3 Å². The van der Waals surface area contributed by atoms with Crippen LogP contribution in [-0.2, 0) is 9.47 Å². The van der Waals surface area contributed by atoms with E-state index in [0.717, 1.165) is 75.2 Å². The van der Waals surface area contributed by atoms with Gasteiger partial charge < -0.3 is 14.8 Å². The minimum atomic E-state index is -0.410. The first-order chi connectivity index (χ1) is 17.7. The molecule has 3 aliphatic rings. The maximum atomic E-state index is 12.8. The molecule has 5 heterocycles. The highest BCUT2D eigenvalue weighted by atomic mass is 16.6. The van der Waals surface area contributed by atoms with E-state index in [1.54, 1.807) is 35.8 Å². The van der Waals surface area contributed by atoms with E-state index in [0.29, 0.717) is 18.3 Å². The normalized spacial score (nSPS) is 26.2. The molecule has 1 unspecified atom stereocenters. The van der Waals surface area contributed by atoms with Crippen molar-refractivity contribution < 1.29 is 14.3 Å². The predicted molar refractivity (Wildman–Crippen MR) is 133 cm³/mol. The molecule has 0 bridgehead atoms. The Hall–Kier alpha value is -3.53. The molecule has 3 aromatic rings. The summed E-state index contributed by atoms with van der Waals surface area (Å²) in [5.74, 6) is 2.02. The van der Waals surface area contributed by atoms with E-state index >= 15 is 0 Å². The van der Waals surface area contributed by atoms with Gasteiger partial charge in [0.05, 0.1) is 24.6 Å². The summed E-state index contributed by atoms with van der Waals surface area (Å²) in [5.41, 5.74) is 1.27. The lowest BCUT2D eigenvalue weighted by atomic mass is 9.78. The van der Waals surface area contributed by atoms with Crippen molar-refractivity contribution in [1.29, 1.82) is 0 Å². The summed E-state index contributed by atoms with van der Waals surface area (Å²) < 4.78 is 13.6. The zero-order valence-electron chi connectivity index (χ0n) is 20.3. The number of hydrogen-bond acceptors (Lipinski definition) is 8. The van der Waals surface area contributed by atoms with Crippen molar-refractivity contribution in [3.05, 3.63) is 49.2 Å². The molecule has 1 N–H and O–H groups in total. The van der Waals surface area contributed by atoms with Gasteiger partial charge in [-0.1, -0.05) is 0 Å². The highest BCUT2D eigenvalue weighted by molar-refractivity contribution is 5.90. The fourth-order valence-corrected chi connectivity index (χ4v) is 5.37. The number of rotatable bonds is 6. The Balaban J connectivity index is 1.01. The monoisotopic (exact) mass is 489 g/mol. The first kappa shape index (κ1) is 22.9. The van der Waals surface area contributed by atoms with E-state index in [4.69, 9.17) is 9.47 Å². The molecule has 1 saturated carbocycles. The number of hydrogen-bond donors (Lipinski definition) is 1. The topological polar surface area (TPSA) is 107 Å². The van der Waals surface area contributed by atoms with E-state index in [1.165, 1.54) is 0 Å². The van der Waals surface area contributed by atoms with Gasteiger partial charge in [0, 0.05) is 37.3 Å². The van der Waals surface area contributed by atoms with Crippen molar-refractivity contribution in [1.82, 2.24) is 24.7 Å². The number of carbonyl (C=O) groups excluding carboxylic acids is 1. The number of ether oxygens (including phenoxy) is 2. The SMILES string of the molecule is O=C1O[C@]2(CC[C@H](CNc3ccc(-c4ncccn4)cn3)CC2)CN1c1cnn(C2CCCCO2)c1. The molecule has 3 aromatic heterocycles. The number of nitrogens with one attached hydrogen (secondary N) is 1. The second kappa shape index (κ2) is 9.85. The van der Waals surface area contributed by atoms with Crippen LogP contribution in [0.2, 0.25) is 0 Å². The van der Waals surface area contributed by atoms with Crippen LogP contribution in [0, 0.1) is 5.92 Å². The van der Waals surface area contributed by atoms with Crippen molar-refractivity contribution >= 4 is 17.6 Å². The van der Waals surface area contributed by atoms with Crippen LogP contribution in [0.25, 0.3) is 11.4 Å². The minimum absolute atomic E-state index is 0.0413. The minimum Gasteiger partial charge on any atom is -0.441 e. The molecule has 0 aromatic carbocycles. The average Bonchev–Trinajstić information content (AvgIpc) is 3.55. The molecule has 2 saturated heterocycles. The van der Waals surface area contributed by atoms with E-state index in [9.17, 15) is 4.79 Å². The largest absolute Gasteiger partial charge is 0.441 e. The fourth-order valence-electron chi connectivity index (χ4n) is 5.37. The van der Waals surface area contributed by atoms with Crippen LogP contribution in [-0.4, -0.2) is 56.1 Å². The Morgan fingerprint density at radius 1 is 1.06 bits per heavy atom. The second-order valence-corrected chi connectivity index (χ2v) is 9.97. The molecule has 10 nitrogen and oxygen atoms in total. The number of pyridine rings is 1. The highest BCUT2D eigenvalue weighted by Crippen LogP contribution is 2.41. The number of amides is 1. The Morgan fingerprint density at radius 2 is 1.92 bits per heavy atom. The fraction of sp³-hybridized carbons (Fsp3) is 0.500. The van der Waals surface area contributed by atoms with Crippen molar-refractivity contribution in [2.45, 2.75) is 56.8 Å². The van der Waals surface area contributed by atoms with Crippen molar-refractivity contribution in [3.8, 4) is 11.4 Å². The van der Waals surface area contributed by atoms with E-state index in [2.05, 4.69) is 25.4 Å². The molecule has 2 aliphatic heterocycles. The van der Waals surface area contributed by atoms with Crippen molar-refractivity contribution in [2.24, 2.45) is 5.92 Å². The molecule has 0 radical (unpaired) electrons. The molecule has 1 atom stereocenters. The summed E-state index contributed by atoms with van der Waals surface area (Å²) in [7, 11) is 0. The Morgan fingerprint density at radius 3 is 2.67 bits per heavy atom. The standard InChI is InChI=1S/C26H31N7O3/c34-25-32(21-16-31-33(17-21)23-4-1-2-13-35-23)18-26(36-25)9-7-19(8-10-26)14-29-22-6-5-20(15-30-22)24-27-11-3-12-28-24/h3,5-6,11-12,15-17,19,23H,1-2,4,7-10,13-14,18H2,(H,29,30)/t19-,23?,26-. The van der Waals surface area contributed by atoms with Gasteiger partial charge >= 0.3 is 6.09 Å². The molecule has 1 spiro atoms. The molecular formula is C26H31N7O3. The maximum Gasteiger partial charge on any atom is 0.415 e. The van der Waals surface area contributed by atoms with Crippen LogP contribution in [0.3, 0.4) is 0 Å². The first-order valence-corrected chi connectivity index (χ1v) is 12.8. The molecule has 6 rings (SSSR count). The first-order valence-electron chi connectivity index (χ1n) is 12.8. The smallest absolute Gasteiger partial charge is 0.415 e. The highest BCUT2D eigenvalue weighted by Gasteiger charge is 2.48. The van der Waals surface area contributed by atoms with Crippen molar-refractivity contribution in [2.75, 3.05) is 29.9 Å². The van der Waals surface area contributed by atoms with Gasteiger partial charge in [-0.25, -0.2) is 24.4 Å². The third-order valence-corrected chi connectivity index (χ3v) is 7.50. The van der Waals surface area contributed by atoms with Gasteiger partial charge in [-0.15, -0.1) is 0 Å². The maximum absolute atomic E-state index is 12.8. The van der Waals surface area contributed by atoms with Crippen LogP contribution >= 0.6 is 0 Å². The van der Waals surface area contributed by atoms with Crippen LogP contribution in [0.5, 0.6) is 0 Å². The van der Waals surface area contributed by atoms with Gasteiger partial charge in [0.15, 0.2) is 5.82 Å². The van der Waals surface area contributed by atoms with Gasteiger partial charge in [0.2, 0.25) is 0 Å². The van der Waals surface area contributed by atoms with Gasteiger partial charge in [-0.05, 0) is 69.1 Å². The molecule has 10 heteroatoms. The molecule has 188 valence electrons. The average molecular weight is 490 g/mol. The Kier molecular flexibility index (Phi) is 6.27.